The van der Waals surface area contributed by atoms with Crippen LogP contribution in [0.4, 0.5) is 4.39 Å². The summed E-state index contributed by atoms with van der Waals surface area (Å²) < 4.78 is 13.5. The molecule has 0 fully saturated rings. The highest BCUT2D eigenvalue weighted by molar-refractivity contribution is 6.30. The van der Waals surface area contributed by atoms with Crippen molar-refractivity contribution in [2.24, 2.45) is 5.73 Å². The van der Waals surface area contributed by atoms with Gasteiger partial charge in [-0.05, 0) is 38.0 Å². The highest BCUT2D eigenvalue weighted by Gasteiger charge is 2.24. The molecule has 1 rings (SSSR count). The van der Waals surface area contributed by atoms with Crippen LogP contribution in [0, 0.1) is 5.82 Å². The minimum Gasteiger partial charge on any atom is -0.396 e. The molecule has 4 heteroatoms. The zero-order valence-corrected chi connectivity index (χ0v) is 9.39. The van der Waals surface area contributed by atoms with E-state index in [1.54, 1.807) is 6.92 Å². The van der Waals surface area contributed by atoms with Gasteiger partial charge in [-0.25, -0.2) is 4.39 Å². The van der Waals surface area contributed by atoms with Crippen LogP contribution in [0.25, 0.3) is 0 Å². The van der Waals surface area contributed by atoms with Gasteiger partial charge in [0.2, 0.25) is 0 Å². The van der Waals surface area contributed by atoms with Crippen molar-refractivity contribution in [3.05, 3.63) is 34.6 Å². The van der Waals surface area contributed by atoms with Crippen molar-refractivity contribution in [3.8, 4) is 0 Å². The van der Waals surface area contributed by atoms with Gasteiger partial charge < -0.3 is 10.8 Å². The maximum Gasteiger partial charge on any atom is 0.128 e. The first-order valence-electron chi connectivity index (χ1n) is 4.82. The Hall–Kier alpha value is -0.640. The Balaban J connectivity index is 2.97. The lowest BCUT2D eigenvalue weighted by Crippen LogP contribution is -2.34. The van der Waals surface area contributed by atoms with Gasteiger partial charge in [-0.2, -0.15) is 0 Å². The second-order valence-electron chi connectivity index (χ2n) is 3.87. The molecule has 0 spiro atoms. The highest BCUT2D eigenvalue weighted by Crippen LogP contribution is 2.27. The average Bonchev–Trinajstić information content (AvgIpc) is 2.18. The zero-order valence-electron chi connectivity index (χ0n) is 8.63. The maximum atomic E-state index is 13.5. The molecule has 0 aliphatic carbocycles. The number of rotatable bonds is 4. The summed E-state index contributed by atoms with van der Waals surface area (Å²) in [5, 5.41) is 9.19. The summed E-state index contributed by atoms with van der Waals surface area (Å²) >= 11 is 5.79. The van der Waals surface area contributed by atoms with Crippen LogP contribution in [0.15, 0.2) is 18.2 Å². The summed E-state index contributed by atoms with van der Waals surface area (Å²) in [6.45, 7) is 1.78. The molecule has 1 unspecified atom stereocenters. The van der Waals surface area contributed by atoms with Gasteiger partial charge in [0.25, 0.3) is 0 Å². The van der Waals surface area contributed by atoms with Gasteiger partial charge in [0.15, 0.2) is 0 Å². The van der Waals surface area contributed by atoms with E-state index in [9.17, 15) is 4.39 Å². The molecular formula is C11H15ClFNO. The summed E-state index contributed by atoms with van der Waals surface area (Å²) in [5.41, 5.74) is 5.58. The van der Waals surface area contributed by atoms with Gasteiger partial charge in [-0.15, -0.1) is 0 Å². The molecule has 15 heavy (non-hydrogen) atoms. The van der Waals surface area contributed by atoms with Gasteiger partial charge in [0, 0.05) is 22.7 Å². The van der Waals surface area contributed by atoms with Gasteiger partial charge >= 0.3 is 0 Å². The van der Waals surface area contributed by atoms with Crippen LogP contribution in [0.3, 0.4) is 0 Å². The van der Waals surface area contributed by atoms with E-state index in [1.165, 1.54) is 18.2 Å². The first kappa shape index (κ1) is 12.4. The van der Waals surface area contributed by atoms with Crippen molar-refractivity contribution in [2.75, 3.05) is 6.61 Å². The fraction of sp³-hybridized carbons (Fsp3) is 0.455. The van der Waals surface area contributed by atoms with E-state index in [0.717, 1.165) is 0 Å². The molecule has 0 aliphatic heterocycles. The Morgan fingerprint density at radius 3 is 2.80 bits per heavy atom. The second kappa shape index (κ2) is 4.92. The van der Waals surface area contributed by atoms with Crippen LogP contribution in [0.1, 0.15) is 25.3 Å². The third-order valence-electron chi connectivity index (χ3n) is 2.40. The predicted molar refractivity (Wildman–Crippen MR) is 59.3 cm³/mol. The number of nitrogens with two attached hydrogens (primary N) is 1. The van der Waals surface area contributed by atoms with Gasteiger partial charge in [0.05, 0.1) is 0 Å². The van der Waals surface area contributed by atoms with E-state index in [-0.39, 0.29) is 12.4 Å². The van der Waals surface area contributed by atoms with E-state index in [1.807, 2.05) is 0 Å². The largest absolute Gasteiger partial charge is 0.396 e. The molecule has 84 valence electrons. The minimum absolute atomic E-state index is 0.0506. The van der Waals surface area contributed by atoms with E-state index < -0.39 is 5.54 Å². The van der Waals surface area contributed by atoms with E-state index in [4.69, 9.17) is 22.4 Å². The first-order valence-corrected chi connectivity index (χ1v) is 5.20. The lowest BCUT2D eigenvalue weighted by atomic mass is 9.88. The van der Waals surface area contributed by atoms with Crippen LogP contribution < -0.4 is 5.73 Å². The molecule has 0 bridgehead atoms. The number of halogens is 2. The first-order chi connectivity index (χ1) is 6.97. The van der Waals surface area contributed by atoms with Crippen LogP contribution in [0.5, 0.6) is 0 Å². The summed E-state index contributed by atoms with van der Waals surface area (Å²) in [6.07, 6.45) is 1.06. The molecule has 0 heterocycles. The molecule has 1 atom stereocenters. The predicted octanol–water partition coefficient (Wildman–Crippen LogP) is 2.43. The van der Waals surface area contributed by atoms with Gasteiger partial charge in [0.1, 0.15) is 5.82 Å². The monoisotopic (exact) mass is 231 g/mol. The Bertz CT molecular complexity index is 341. The van der Waals surface area contributed by atoms with Crippen molar-refractivity contribution in [3.63, 3.8) is 0 Å². The molecular weight excluding hydrogens is 217 g/mol. The molecule has 0 saturated carbocycles. The Morgan fingerprint density at radius 1 is 1.53 bits per heavy atom. The van der Waals surface area contributed by atoms with E-state index >= 15 is 0 Å². The molecule has 0 radical (unpaired) electrons. The maximum absolute atomic E-state index is 13.5. The van der Waals surface area contributed by atoms with Gasteiger partial charge in [-0.1, -0.05) is 11.6 Å². The second-order valence-corrected chi connectivity index (χ2v) is 4.31. The van der Waals surface area contributed by atoms with E-state index in [0.29, 0.717) is 23.4 Å². The Kier molecular flexibility index (Phi) is 4.08. The number of aliphatic hydroxyl groups excluding tert-OH is 1. The van der Waals surface area contributed by atoms with Crippen molar-refractivity contribution in [1.29, 1.82) is 0 Å². The van der Waals surface area contributed by atoms with Crippen LogP contribution in [-0.4, -0.2) is 11.7 Å². The molecule has 0 aromatic heterocycles. The van der Waals surface area contributed by atoms with Gasteiger partial charge in [-0.3, -0.25) is 0 Å². The number of aliphatic hydroxyl groups is 1. The Morgan fingerprint density at radius 2 is 2.20 bits per heavy atom. The molecule has 1 aromatic rings. The lowest BCUT2D eigenvalue weighted by Gasteiger charge is -2.25. The van der Waals surface area contributed by atoms with Crippen molar-refractivity contribution in [2.45, 2.75) is 25.3 Å². The molecule has 0 saturated heterocycles. The van der Waals surface area contributed by atoms with Crippen LogP contribution >= 0.6 is 11.6 Å². The van der Waals surface area contributed by atoms with Crippen molar-refractivity contribution in [1.82, 2.24) is 0 Å². The van der Waals surface area contributed by atoms with Crippen molar-refractivity contribution >= 4 is 11.6 Å². The number of hydrogen-bond donors (Lipinski definition) is 2. The topological polar surface area (TPSA) is 46.2 Å². The average molecular weight is 232 g/mol. The fourth-order valence-corrected chi connectivity index (χ4v) is 1.69. The summed E-state index contributed by atoms with van der Waals surface area (Å²) in [6, 6.07) is 4.33. The van der Waals surface area contributed by atoms with Crippen LogP contribution in [0.2, 0.25) is 5.02 Å². The quantitative estimate of drug-likeness (QED) is 0.836. The molecule has 0 amide bonds. The lowest BCUT2D eigenvalue weighted by molar-refractivity contribution is 0.264. The normalized spacial score (nSPS) is 15.0. The fourth-order valence-electron chi connectivity index (χ4n) is 1.52. The molecule has 3 N–H and O–H groups in total. The standard InChI is InChI=1S/C11H15ClFNO/c1-11(14,5-2-6-15)9-7-8(12)3-4-10(9)13/h3-4,7,15H,2,5-6,14H2,1H3. The smallest absolute Gasteiger partial charge is 0.128 e. The SMILES string of the molecule is CC(N)(CCCO)c1cc(Cl)ccc1F. The third kappa shape index (κ3) is 3.16. The summed E-state index contributed by atoms with van der Waals surface area (Å²) in [4.78, 5) is 0. The number of hydrogen-bond acceptors (Lipinski definition) is 2. The third-order valence-corrected chi connectivity index (χ3v) is 2.63. The zero-order chi connectivity index (χ0) is 11.5. The summed E-state index contributed by atoms with van der Waals surface area (Å²) in [7, 11) is 0. The van der Waals surface area contributed by atoms with Crippen molar-refractivity contribution < 1.29 is 9.50 Å². The van der Waals surface area contributed by atoms with Crippen LogP contribution in [-0.2, 0) is 5.54 Å². The Labute approximate surface area is 93.9 Å². The number of benzene rings is 1. The molecule has 2 nitrogen and oxygen atoms in total. The molecule has 1 aromatic carbocycles. The molecule has 0 aliphatic rings. The van der Waals surface area contributed by atoms with E-state index in [2.05, 4.69) is 0 Å². The highest BCUT2D eigenvalue weighted by atomic mass is 35.5. The minimum atomic E-state index is -0.794. The summed E-state index contributed by atoms with van der Waals surface area (Å²) in [5.74, 6) is -0.359.